The molecule has 0 aromatic heterocycles. The molecule has 0 aromatic rings. The van der Waals surface area contributed by atoms with Crippen molar-refractivity contribution in [1.29, 1.82) is 0 Å². The third-order valence-corrected chi connectivity index (χ3v) is 11.9. The highest BCUT2D eigenvalue weighted by atomic mass is 16.6. The van der Waals surface area contributed by atoms with Crippen molar-refractivity contribution in [2.45, 2.75) is 232 Å². The summed E-state index contributed by atoms with van der Waals surface area (Å²) in [5.41, 5.74) is 0. The van der Waals surface area contributed by atoms with Crippen molar-refractivity contribution in [3.8, 4) is 0 Å². The van der Waals surface area contributed by atoms with Gasteiger partial charge in [0, 0.05) is 12.8 Å². The summed E-state index contributed by atoms with van der Waals surface area (Å²) in [5.74, 6) is -1.16. The SMILES string of the molecule is CC/C=C\C/C=C\C/C=C\C/C=C\C/C=C\C/C=C\C/C=C\C/C=C\C/C=C\CCCC(=O)OCC(COC(=O)CCCCCCC/C=C\CCCCCCCC)OC(=O)C/C=C\C/C=C\C/C=C\C/C=C\C/C=C\CC. The maximum Gasteiger partial charge on any atom is 0.310 e. The van der Waals surface area contributed by atoms with Crippen molar-refractivity contribution >= 4 is 17.9 Å². The molecule has 0 aromatic carbocycles. The second-order valence-electron chi connectivity index (χ2n) is 19.2. The van der Waals surface area contributed by atoms with Crippen LogP contribution in [0, 0.1) is 0 Å². The minimum absolute atomic E-state index is 0.0735. The van der Waals surface area contributed by atoms with Crippen LogP contribution in [0.5, 0.6) is 0 Å². The standard InChI is InChI=1S/C71H108O6/c1-4-7-10-13-16-19-22-25-28-29-30-31-32-33-34-35-36-37-38-39-40-41-44-46-49-52-55-58-61-64-70(73)76-67-68(77-71(74)65-62-59-56-53-50-47-43-27-24-21-18-15-12-9-6-3)66-75-69(72)63-60-57-54-51-48-45-42-26-23-20-17-14-11-8-5-2/h7,9-10,12,16,18-19,21,25-28,30-31,33-34,36-37,39-40,42-44,46,50,52-53,55,59,62,68H,4-6,8,11,13-15,17,20,22-24,29,32,35,38,41,45,47-49,51,54,56-58,60-61,63-67H2,1-3H3/b10-7-,12-9-,19-16-,21-18-,28-25-,31-30-,34-33-,37-36-,40-39-,42-26-,43-27-,46-44-,53-50-,55-52-,62-59-. The van der Waals surface area contributed by atoms with Crippen molar-refractivity contribution < 1.29 is 28.6 Å². The number of carbonyl (C=O) groups excluding carboxylic acids is 3. The van der Waals surface area contributed by atoms with Crippen LogP contribution in [0.1, 0.15) is 226 Å². The van der Waals surface area contributed by atoms with E-state index in [-0.39, 0.29) is 38.0 Å². The zero-order chi connectivity index (χ0) is 55.7. The van der Waals surface area contributed by atoms with Gasteiger partial charge in [-0.15, -0.1) is 0 Å². The first-order valence-corrected chi connectivity index (χ1v) is 30.3. The lowest BCUT2D eigenvalue weighted by Gasteiger charge is -2.18. The lowest BCUT2D eigenvalue weighted by molar-refractivity contribution is -0.166. The van der Waals surface area contributed by atoms with E-state index in [9.17, 15) is 14.4 Å². The Morgan fingerprint density at radius 2 is 0.558 bits per heavy atom. The Hall–Kier alpha value is -5.49. The number of hydrogen-bond acceptors (Lipinski definition) is 6. The molecule has 428 valence electrons. The fourth-order valence-corrected chi connectivity index (χ4v) is 7.45. The summed E-state index contributed by atoms with van der Waals surface area (Å²) in [4.78, 5) is 38.1. The first-order chi connectivity index (χ1) is 38.0. The lowest BCUT2D eigenvalue weighted by Crippen LogP contribution is -2.30. The van der Waals surface area contributed by atoms with Gasteiger partial charge in [0.05, 0.1) is 6.42 Å². The molecule has 0 amide bonds. The van der Waals surface area contributed by atoms with Crippen molar-refractivity contribution in [3.63, 3.8) is 0 Å². The molecule has 0 N–H and O–H groups in total. The maximum atomic E-state index is 12.8. The molecular formula is C71H108O6. The van der Waals surface area contributed by atoms with E-state index in [1.807, 2.05) is 6.08 Å². The van der Waals surface area contributed by atoms with Crippen LogP contribution < -0.4 is 0 Å². The van der Waals surface area contributed by atoms with E-state index in [0.717, 1.165) is 122 Å². The van der Waals surface area contributed by atoms with Gasteiger partial charge in [0.15, 0.2) is 6.10 Å². The molecular weight excluding hydrogens is 949 g/mol. The Bertz CT molecular complexity index is 1840. The zero-order valence-corrected chi connectivity index (χ0v) is 48.9. The van der Waals surface area contributed by atoms with Gasteiger partial charge in [-0.25, -0.2) is 0 Å². The molecule has 0 spiro atoms. The number of allylic oxidation sites excluding steroid dienone is 29. The summed E-state index contributed by atoms with van der Waals surface area (Å²) in [6, 6.07) is 0. The molecule has 0 aliphatic heterocycles. The molecule has 1 atom stereocenters. The minimum Gasteiger partial charge on any atom is -0.462 e. The van der Waals surface area contributed by atoms with Crippen LogP contribution in [0.25, 0.3) is 0 Å². The Balaban J connectivity index is 4.56. The van der Waals surface area contributed by atoms with E-state index in [2.05, 4.69) is 191 Å². The Labute approximate surface area is 472 Å². The molecule has 0 aliphatic carbocycles. The minimum atomic E-state index is -0.870. The predicted octanol–water partition coefficient (Wildman–Crippen LogP) is 20.9. The molecule has 77 heavy (non-hydrogen) atoms. The molecule has 0 radical (unpaired) electrons. The molecule has 6 nitrogen and oxygen atoms in total. The van der Waals surface area contributed by atoms with E-state index in [4.69, 9.17) is 14.2 Å². The summed E-state index contributed by atoms with van der Waals surface area (Å²) >= 11 is 0. The normalized spacial score (nSPS) is 13.4. The van der Waals surface area contributed by atoms with Crippen LogP contribution >= 0.6 is 0 Å². The monoisotopic (exact) mass is 1060 g/mol. The van der Waals surface area contributed by atoms with E-state index in [1.54, 1.807) is 6.08 Å². The average Bonchev–Trinajstić information content (AvgIpc) is 3.43. The van der Waals surface area contributed by atoms with Crippen LogP contribution in [-0.4, -0.2) is 37.2 Å². The number of carbonyl (C=O) groups is 3. The van der Waals surface area contributed by atoms with Gasteiger partial charge in [0.2, 0.25) is 0 Å². The molecule has 0 aliphatic rings. The number of unbranched alkanes of at least 4 members (excludes halogenated alkanes) is 12. The van der Waals surface area contributed by atoms with E-state index >= 15 is 0 Å². The second-order valence-corrected chi connectivity index (χ2v) is 19.2. The van der Waals surface area contributed by atoms with Crippen molar-refractivity contribution in [1.82, 2.24) is 0 Å². The topological polar surface area (TPSA) is 78.9 Å². The van der Waals surface area contributed by atoms with Gasteiger partial charge in [-0.2, -0.15) is 0 Å². The Morgan fingerprint density at radius 1 is 0.286 bits per heavy atom. The molecule has 0 rings (SSSR count). The number of rotatable bonds is 52. The zero-order valence-electron chi connectivity index (χ0n) is 48.9. The van der Waals surface area contributed by atoms with Gasteiger partial charge in [-0.05, 0) is 135 Å². The van der Waals surface area contributed by atoms with Crippen LogP contribution in [0.2, 0.25) is 0 Å². The molecule has 0 saturated carbocycles. The lowest BCUT2D eigenvalue weighted by atomic mass is 10.1. The highest BCUT2D eigenvalue weighted by Gasteiger charge is 2.19. The van der Waals surface area contributed by atoms with E-state index in [0.29, 0.717) is 19.3 Å². The van der Waals surface area contributed by atoms with Gasteiger partial charge in [0.1, 0.15) is 13.2 Å². The summed E-state index contributed by atoms with van der Waals surface area (Å²) in [6.07, 6.45) is 94.9. The fourth-order valence-electron chi connectivity index (χ4n) is 7.45. The second kappa shape index (κ2) is 63.0. The third kappa shape index (κ3) is 61.2. The van der Waals surface area contributed by atoms with Crippen molar-refractivity contribution in [2.75, 3.05) is 13.2 Å². The predicted molar refractivity (Wildman–Crippen MR) is 334 cm³/mol. The van der Waals surface area contributed by atoms with E-state index < -0.39 is 12.1 Å². The van der Waals surface area contributed by atoms with Gasteiger partial charge < -0.3 is 14.2 Å². The highest BCUT2D eigenvalue weighted by molar-refractivity contribution is 5.72. The van der Waals surface area contributed by atoms with Gasteiger partial charge in [-0.3, -0.25) is 14.4 Å². The van der Waals surface area contributed by atoms with Crippen LogP contribution in [0.4, 0.5) is 0 Å². The largest absolute Gasteiger partial charge is 0.462 e. The summed E-state index contributed by atoms with van der Waals surface area (Å²) in [6.45, 7) is 6.25. The summed E-state index contributed by atoms with van der Waals surface area (Å²) in [5, 5.41) is 0. The summed E-state index contributed by atoms with van der Waals surface area (Å²) in [7, 11) is 0. The highest BCUT2D eigenvalue weighted by Crippen LogP contribution is 2.12. The molecule has 0 bridgehead atoms. The average molecular weight is 1060 g/mol. The third-order valence-electron chi connectivity index (χ3n) is 11.9. The number of hydrogen-bond donors (Lipinski definition) is 0. The summed E-state index contributed by atoms with van der Waals surface area (Å²) < 4.78 is 16.7. The molecule has 0 fully saturated rings. The molecule has 6 heteroatoms. The Morgan fingerprint density at radius 3 is 0.922 bits per heavy atom. The van der Waals surface area contributed by atoms with Crippen molar-refractivity contribution in [3.05, 3.63) is 182 Å². The van der Waals surface area contributed by atoms with Crippen molar-refractivity contribution in [2.24, 2.45) is 0 Å². The van der Waals surface area contributed by atoms with Crippen LogP contribution in [0.3, 0.4) is 0 Å². The maximum absolute atomic E-state index is 12.8. The first kappa shape index (κ1) is 71.5. The van der Waals surface area contributed by atoms with Gasteiger partial charge >= 0.3 is 17.9 Å². The number of esters is 3. The molecule has 1 unspecified atom stereocenters. The first-order valence-electron chi connectivity index (χ1n) is 30.3. The van der Waals surface area contributed by atoms with E-state index in [1.165, 1.54) is 51.4 Å². The number of ether oxygens (including phenoxy) is 3. The van der Waals surface area contributed by atoms with Crippen LogP contribution in [-0.2, 0) is 28.6 Å². The molecule has 0 saturated heterocycles. The molecule has 0 heterocycles. The fraction of sp³-hybridized carbons (Fsp3) is 0.535. The Kier molecular flexibility index (Phi) is 58.6. The smallest absolute Gasteiger partial charge is 0.310 e. The van der Waals surface area contributed by atoms with Gasteiger partial charge in [-0.1, -0.05) is 254 Å². The van der Waals surface area contributed by atoms with Gasteiger partial charge in [0.25, 0.3) is 0 Å². The quantitative estimate of drug-likeness (QED) is 0.0261. The van der Waals surface area contributed by atoms with Crippen LogP contribution in [0.15, 0.2) is 182 Å².